The number of fused-ring (bicyclic) bond motifs is 1. The second-order valence-electron chi connectivity index (χ2n) is 4.17. The molecule has 98 valence electrons. The molecule has 0 saturated heterocycles. The van der Waals surface area contributed by atoms with Crippen molar-refractivity contribution in [1.29, 1.82) is 0 Å². The summed E-state index contributed by atoms with van der Waals surface area (Å²) in [6, 6.07) is 3.81. The van der Waals surface area contributed by atoms with Gasteiger partial charge in [-0.1, -0.05) is 0 Å². The maximum absolute atomic E-state index is 5.95. The van der Waals surface area contributed by atoms with E-state index in [1.54, 1.807) is 20.3 Å². The van der Waals surface area contributed by atoms with Crippen LogP contribution in [0.5, 0.6) is 5.88 Å². The molecule has 2 N–H and O–H groups in total. The summed E-state index contributed by atoms with van der Waals surface area (Å²) >= 11 is 0. The lowest BCUT2D eigenvalue weighted by Crippen LogP contribution is -2.11. The number of rotatable bonds is 5. The van der Waals surface area contributed by atoms with Gasteiger partial charge in [0.05, 0.1) is 7.11 Å². The number of aromatic nitrogens is 3. The van der Waals surface area contributed by atoms with Crippen molar-refractivity contribution in [3.63, 3.8) is 0 Å². The van der Waals surface area contributed by atoms with Gasteiger partial charge in [-0.3, -0.25) is 4.57 Å². The predicted octanol–water partition coefficient (Wildman–Crippen LogP) is 1.62. The molecule has 1 atom stereocenters. The Morgan fingerprint density at radius 2 is 2.11 bits per heavy atom. The van der Waals surface area contributed by atoms with Gasteiger partial charge >= 0.3 is 0 Å². The Hall–Kier alpha value is -1.82. The molecule has 0 aliphatic rings. The lowest BCUT2D eigenvalue weighted by atomic mass is 10.2. The third kappa shape index (κ3) is 2.24. The molecule has 6 nitrogen and oxygen atoms in total. The lowest BCUT2D eigenvalue weighted by molar-refractivity contribution is 0.182. The lowest BCUT2D eigenvalue weighted by Gasteiger charge is -2.14. The number of anilines is 1. The van der Waals surface area contributed by atoms with Crippen molar-refractivity contribution in [2.45, 2.75) is 19.4 Å². The Morgan fingerprint density at radius 1 is 1.33 bits per heavy atom. The Balaban J connectivity index is 2.44. The van der Waals surface area contributed by atoms with E-state index in [1.807, 2.05) is 10.6 Å². The van der Waals surface area contributed by atoms with E-state index < -0.39 is 0 Å². The number of nitrogens with zero attached hydrogens (tertiary/aromatic N) is 3. The maximum atomic E-state index is 5.95. The average molecular weight is 250 g/mol. The molecule has 6 heteroatoms. The minimum atomic E-state index is 0.176. The SMILES string of the molecule is COCCC(C)n1c(N)nc2ccc(OC)nc21. The molecule has 2 rings (SSSR count). The van der Waals surface area contributed by atoms with Crippen LogP contribution < -0.4 is 10.5 Å². The molecule has 0 aromatic carbocycles. The Labute approximate surface area is 106 Å². The summed E-state index contributed by atoms with van der Waals surface area (Å²) in [7, 11) is 3.27. The van der Waals surface area contributed by atoms with E-state index in [4.69, 9.17) is 15.2 Å². The van der Waals surface area contributed by atoms with Crippen LogP contribution in [0.1, 0.15) is 19.4 Å². The molecule has 2 aromatic heterocycles. The fraction of sp³-hybridized carbons (Fsp3) is 0.500. The van der Waals surface area contributed by atoms with Crippen molar-refractivity contribution >= 4 is 17.1 Å². The Kier molecular flexibility index (Phi) is 3.66. The van der Waals surface area contributed by atoms with Gasteiger partial charge in [-0.2, -0.15) is 4.98 Å². The first-order valence-electron chi connectivity index (χ1n) is 5.84. The van der Waals surface area contributed by atoms with Crippen molar-refractivity contribution in [2.24, 2.45) is 0 Å². The zero-order chi connectivity index (χ0) is 13.1. The molecule has 0 bridgehead atoms. The number of methoxy groups -OCH3 is 2. The third-order valence-electron chi connectivity index (χ3n) is 2.93. The zero-order valence-corrected chi connectivity index (χ0v) is 10.9. The molecule has 0 aliphatic heterocycles. The van der Waals surface area contributed by atoms with Crippen molar-refractivity contribution in [3.05, 3.63) is 12.1 Å². The van der Waals surface area contributed by atoms with Crippen LogP contribution in [0.4, 0.5) is 5.95 Å². The van der Waals surface area contributed by atoms with E-state index in [2.05, 4.69) is 16.9 Å². The standard InChI is InChI=1S/C12H18N4O2/c1-8(6-7-17-2)16-11-9(14-12(16)13)4-5-10(15-11)18-3/h4-5,8H,6-7H2,1-3H3,(H2,13,14). The molecule has 0 spiro atoms. The summed E-state index contributed by atoms with van der Waals surface area (Å²) in [5, 5.41) is 0. The minimum Gasteiger partial charge on any atom is -0.481 e. The van der Waals surface area contributed by atoms with Gasteiger partial charge in [-0.05, 0) is 19.4 Å². The van der Waals surface area contributed by atoms with Crippen LogP contribution in [0.15, 0.2) is 12.1 Å². The fourth-order valence-electron chi connectivity index (χ4n) is 1.94. The van der Waals surface area contributed by atoms with E-state index in [9.17, 15) is 0 Å². The van der Waals surface area contributed by atoms with E-state index in [-0.39, 0.29) is 6.04 Å². The van der Waals surface area contributed by atoms with Crippen molar-refractivity contribution < 1.29 is 9.47 Å². The minimum absolute atomic E-state index is 0.176. The molecule has 2 aromatic rings. The van der Waals surface area contributed by atoms with Gasteiger partial charge in [0, 0.05) is 25.8 Å². The molecule has 1 unspecified atom stereocenters. The molecule has 0 radical (unpaired) electrons. The zero-order valence-electron chi connectivity index (χ0n) is 10.9. The third-order valence-corrected chi connectivity index (χ3v) is 2.93. The fourth-order valence-corrected chi connectivity index (χ4v) is 1.94. The van der Waals surface area contributed by atoms with Crippen LogP contribution in [-0.2, 0) is 4.74 Å². The van der Waals surface area contributed by atoms with Gasteiger partial charge in [0.1, 0.15) is 5.52 Å². The normalized spacial score (nSPS) is 12.8. The van der Waals surface area contributed by atoms with Crippen molar-refractivity contribution in [2.75, 3.05) is 26.6 Å². The van der Waals surface area contributed by atoms with Crippen LogP contribution in [-0.4, -0.2) is 35.4 Å². The topological polar surface area (TPSA) is 75.2 Å². The highest BCUT2D eigenvalue weighted by atomic mass is 16.5. The quantitative estimate of drug-likeness (QED) is 0.872. The van der Waals surface area contributed by atoms with Crippen LogP contribution in [0.3, 0.4) is 0 Å². The van der Waals surface area contributed by atoms with Gasteiger partial charge in [0.25, 0.3) is 0 Å². The van der Waals surface area contributed by atoms with E-state index in [0.717, 1.165) is 17.6 Å². The van der Waals surface area contributed by atoms with Gasteiger partial charge < -0.3 is 15.2 Å². The van der Waals surface area contributed by atoms with Crippen LogP contribution in [0.2, 0.25) is 0 Å². The van der Waals surface area contributed by atoms with Gasteiger partial charge in [0.2, 0.25) is 11.8 Å². The molecular formula is C12H18N4O2. The van der Waals surface area contributed by atoms with Crippen LogP contribution >= 0.6 is 0 Å². The van der Waals surface area contributed by atoms with Crippen molar-refractivity contribution in [1.82, 2.24) is 14.5 Å². The van der Waals surface area contributed by atoms with Gasteiger partial charge in [0.15, 0.2) is 5.65 Å². The monoisotopic (exact) mass is 250 g/mol. The highest BCUT2D eigenvalue weighted by Crippen LogP contribution is 2.24. The molecule has 0 amide bonds. The number of nitrogen functional groups attached to an aromatic ring is 1. The molecule has 18 heavy (non-hydrogen) atoms. The van der Waals surface area contributed by atoms with E-state index in [1.165, 1.54) is 0 Å². The Morgan fingerprint density at radius 3 is 2.78 bits per heavy atom. The summed E-state index contributed by atoms with van der Waals surface area (Å²) in [4.78, 5) is 8.70. The summed E-state index contributed by atoms with van der Waals surface area (Å²) in [5.74, 6) is 1.02. The molecular weight excluding hydrogens is 232 g/mol. The molecule has 2 heterocycles. The smallest absolute Gasteiger partial charge is 0.215 e. The number of nitrogens with two attached hydrogens (primary N) is 1. The molecule has 0 aliphatic carbocycles. The number of pyridine rings is 1. The second-order valence-corrected chi connectivity index (χ2v) is 4.17. The summed E-state index contributed by atoms with van der Waals surface area (Å²) in [6.45, 7) is 2.74. The molecule has 0 fully saturated rings. The summed E-state index contributed by atoms with van der Waals surface area (Å²) < 4.78 is 12.1. The van der Waals surface area contributed by atoms with Crippen LogP contribution in [0, 0.1) is 0 Å². The average Bonchev–Trinajstić information content (AvgIpc) is 2.70. The number of hydrogen-bond acceptors (Lipinski definition) is 5. The Bertz CT molecular complexity index is 538. The first-order chi connectivity index (χ1) is 8.67. The summed E-state index contributed by atoms with van der Waals surface area (Å²) in [5.41, 5.74) is 7.47. The molecule has 0 saturated carbocycles. The highest BCUT2D eigenvalue weighted by Gasteiger charge is 2.15. The van der Waals surface area contributed by atoms with Gasteiger partial charge in [-0.15, -0.1) is 0 Å². The first-order valence-corrected chi connectivity index (χ1v) is 5.84. The number of hydrogen-bond donors (Lipinski definition) is 1. The maximum Gasteiger partial charge on any atom is 0.215 e. The van der Waals surface area contributed by atoms with E-state index in [0.29, 0.717) is 18.4 Å². The largest absolute Gasteiger partial charge is 0.481 e. The summed E-state index contributed by atoms with van der Waals surface area (Å²) in [6.07, 6.45) is 0.852. The second kappa shape index (κ2) is 5.22. The highest BCUT2D eigenvalue weighted by molar-refractivity contribution is 5.75. The van der Waals surface area contributed by atoms with Crippen LogP contribution in [0.25, 0.3) is 11.2 Å². The van der Waals surface area contributed by atoms with Gasteiger partial charge in [-0.25, -0.2) is 4.98 Å². The van der Waals surface area contributed by atoms with E-state index >= 15 is 0 Å². The number of ether oxygens (including phenoxy) is 2. The predicted molar refractivity (Wildman–Crippen MR) is 69.7 cm³/mol. The first kappa shape index (κ1) is 12.6. The number of imidazole rings is 1. The van der Waals surface area contributed by atoms with Crippen molar-refractivity contribution in [3.8, 4) is 5.88 Å².